The Bertz CT molecular complexity index is 351. The minimum Gasteiger partial charge on any atom is -0.314 e. The van der Waals surface area contributed by atoms with E-state index in [1.54, 1.807) is 16.7 Å². The second-order valence-corrected chi connectivity index (χ2v) is 5.07. The van der Waals surface area contributed by atoms with Crippen LogP contribution in [0, 0.1) is 0 Å². The van der Waals surface area contributed by atoms with Crippen molar-refractivity contribution < 1.29 is 0 Å². The highest BCUT2D eigenvalue weighted by atomic mass is 32.2. The lowest BCUT2D eigenvalue weighted by atomic mass is 10.4. The topological polar surface area (TPSA) is 34.0 Å². The third-order valence-corrected chi connectivity index (χ3v) is 3.46. The summed E-state index contributed by atoms with van der Waals surface area (Å²) in [6.07, 6.45) is 1.83. The molecule has 90 valence electrons. The molecular formula is C12H20N2OS. The van der Waals surface area contributed by atoms with Gasteiger partial charge >= 0.3 is 0 Å². The molecule has 1 rings (SSSR count). The lowest BCUT2D eigenvalue weighted by Crippen LogP contribution is -2.33. The molecule has 0 fully saturated rings. The van der Waals surface area contributed by atoms with Crippen molar-refractivity contribution in [2.75, 3.05) is 18.1 Å². The Hall–Kier alpha value is -0.740. The summed E-state index contributed by atoms with van der Waals surface area (Å²) in [7, 11) is 0. The van der Waals surface area contributed by atoms with Crippen LogP contribution in [0.25, 0.3) is 0 Å². The van der Waals surface area contributed by atoms with Crippen molar-refractivity contribution in [2.24, 2.45) is 0 Å². The minimum absolute atomic E-state index is 0.0693. The third kappa shape index (κ3) is 4.86. The molecule has 1 unspecified atom stereocenters. The fraction of sp³-hybridized carbons (Fsp3) is 0.583. The summed E-state index contributed by atoms with van der Waals surface area (Å²) < 4.78 is 1.73. The summed E-state index contributed by atoms with van der Waals surface area (Å²) in [5, 5.41) is 3.41. The maximum atomic E-state index is 11.4. The smallest absolute Gasteiger partial charge is 0.250 e. The highest BCUT2D eigenvalue weighted by molar-refractivity contribution is 7.99. The monoisotopic (exact) mass is 240 g/mol. The van der Waals surface area contributed by atoms with Crippen LogP contribution in [0.1, 0.15) is 13.8 Å². The first-order chi connectivity index (χ1) is 7.74. The van der Waals surface area contributed by atoms with E-state index in [9.17, 15) is 4.79 Å². The molecule has 1 heterocycles. The number of aromatic nitrogens is 1. The Morgan fingerprint density at radius 2 is 2.31 bits per heavy atom. The van der Waals surface area contributed by atoms with E-state index in [1.807, 2.05) is 24.0 Å². The zero-order valence-corrected chi connectivity index (χ0v) is 10.8. The molecule has 0 saturated heterocycles. The average Bonchev–Trinajstić information content (AvgIpc) is 2.29. The van der Waals surface area contributed by atoms with Crippen LogP contribution in [0.2, 0.25) is 0 Å². The first kappa shape index (κ1) is 13.3. The van der Waals surface area contributed by atoms with Crippen molar-refractivity contribution in [2.45, 2.75) is 26.4 Å². The maximum absolute atomic E-state index is 11.4. The molecule has 16 heavy (non-hydrogen) atoms. The Kier molecular flexibility index (Phi) is 6.26. The van der Waals surface area contributed by atoms with E-state index in [0.717, 1.165) is 24.6 Å². The van der Waals surface area contributed by atoms with E-state index >= 15 is 0 Å². The highest BCUT2D eigenvalue weighted by Crippen LogP contribution is 2.00. The van der Waals surface area contributed by atoms with Crippen LogP contribution in [-0.4, -0.2) is 28.7 Å². The van der Waals surface area contributed by atoms with Crippen LogP contribution in [0.3, 0.4) is 0 Å². The van der Waals surface area contributed by atoms with Crippen molar-refractivity contribution >= 4 is 11.8 Å². The average molecular weight is 240 g/mol. The van der Waals surface area contributed by atoms with Gasteiger partial charge < -0.3 is 9.88 Å². The van der Waals surface area contributed by atoms with Gasteiger partial charge in [-0.25, -0.2) is 0 Å². The van der Waals surface area contributed by atoms with Crippen LogP contribution in [0.15, 0.2) is 29.2 Å². The van der Waals surface area contributed by atoms with Gasteiger partial charge in [-0.05, 0) is 18.7 Å². The van der Waals surface area contributed by atoms with Gasteiger partial charge in [-0.2, -0.15) is 11.8 Å². The molecule has 0 bridgehead atoms. The molecule has 0 spiro atoms. The summed E-state index contributed by atoms with van der Waals surface area (Å²) in [6.45, 7) is 5.92. The van der Waals surface area contributed by atoms with Crippen molar-refractivity contribution in [3.63, 3.8) is 0 Å². The van der Waals surface area contributed by atoms with Crippen molar-refractivity contribution in [3.05, 3.63) is 34.7 Å². The van der Waals surface area contributed by atoms with Gasteiger partial charge in [-0.3, -0.25) is 4.79 Å². The van der Waals surface area contributed by atoms with E-state index in [0.29, 0.717) is 6.04 Å². The number of nitrogens with one attached hydrogen (secondary N) is 1. The molecule has 0 aliphatic carbocycles. The normalized spacial score (nSPS) is 12.6. The van der Waals surface area contributed by atoms with E-state index in [4.69, 9.17) is 0 Å². The molecule has 4 heteroatoms. The fourth-order valence-corrected chi connectivity index (χ4v) is 2.14. The summed E-state index contributed by atoms with van der Waals surface area (Å²) in [4.78, 5) is 11.4. The predicted molar refractivity (Wildman–Crippen MR) is 71.2 cm³/mol. The SMILES string of the molecule is CCSCC(C)NCCn1ccccc1=O. The summed E-state index contributed by atoms with van der Waals surface area (Å²) in [5.74, 6) is 2.28. The number of nitrogens with zero attached hydrogens (tertiary/aromatic N) is 1. The van der Waals surface area contributed by atoms with Gasteiger partial charge in [0.2, 0.25) is 0 Å². The van der Waals surface area contributed by atoms with Crippen LogP contribution in [-0.2, 0) is 6.54 Å². The maximum Gasteiger partial charge on any atom is 0.250 e. The Labute approximate surface area is 101 Å². The zero-order valence-electron chi connectivity index (χ0n) is 9.98. The number of pyridine rings is 1. The standard InChI is InChI=1S/C12H20N2OS/c1-3-16-10-11(2)13-7-9-14-8-5-4-6-12(14)15/h4-6,8,11,13H,3,7,9-10H2,1-2H3. The largest absolute Gasteiger partial charge is 0.314 e. The van der Waals surface area contributed by atoms with Gasteiger partial charge in [0.1, 0.15) is 0 Å². The van der Waals surface area contributed by atoms with Gasteiger partial charge in [-0.1, -0.05) is 13.0 Å². The number of thioether (sulfide) groups is 1. The molecule has 0 amide bonds. The zero-order chi connectivity index (χ0) is 11.8. The molecule has 0 radical (unpaired) electrons. The predicted octanol–water partition coefficient (Wildman–Crippen LogP) is 1.58. The molecule has 0 aliphatic heterocycles. The molecule has 1 aromatic heterocycles. The van der Waals surface area contributed by atoms with Gasteiger partial charge in [0.15, 0.2) is 0 Å². The van der Waals surface area contributed by atoms with Crippen molar-refractivity contribution in [1.82, 2.24) is 9.88 Å². The molecule has 3 nitrogen and oxygen atoms in total. The highest BCUT2D eigenvalue weighted by Gasteiger charge is 2.00. The van der Waals surface area contributed by atoms with Gasteiger partial charge in [-0.15, -0.1) is 0 Å². The van der Waals surface area contributed by atoms with Gasteiger partial charge in [0, 0.05) is 37.1 Å². The Balaban J connectivity index is 2.25. The third-order valence-electron chi connectivity index (χ3n) is 2.32. The van der Waals surface area contributed by atoms with E-state index in [1.165, 1.54) is 0 Å². The molecule has 1 N–H and O–H groups in total. The van der Waals surface area contributed by atoms with Crippen LogP contribution >= 0.6 is 11.8 Å². The minimum atomic E-state index is 0.0693. The molecule has 0 aromatic carbocycles. The number of rotatable bonds is 7. The molecule has 0 saturated carbocycles. The molecule has 0 aliphatic rings. The van der Waals surface area contributed by atoms with Gasteiger partial charge in [0.05, 0.1) is 0 Å². The van der Waals surface area contributed by atoms with Crippen molar-refractivity contribution in [3.8, 4) is 0 Å². The first-order valence-corrected chi connectivity index (χ1v) is 6.86. The van der Waals surface area contributed by atoms with Crippen LogP contribution in [0.5, 0.6) is 0 Å². The molecule has 1 aromatic rings. The quantitative estimate of drug-likeness (QED) is 0.785. The molecule has 1 atom stereocenters. The first-order valence-electron chi connectivity index (χ1n) is 5.70. The fourth-order valence-electron chi connectivity index (χ4n) is 1.43. The number of hydrogen-bond acceptors (Lipinski definition) is 3. The summed E-state index contributed by atoms with van der Waals surface area (Å²) in [5.41, 5.74) is 0.0693. The van der Waals surface area contributed by atoms with E-state index < -0.39 is 0 Å². The van der Waals surface area contributed by atoms with E-state index in [2.05, 4.69) is 19.2 Å². The molecular weight excluding hydrogens is 220 g/mol. The van der Waals surface area contributed by atoms with Crippen molar-refractivity contribution in [1.29, 1.82) is 0 Å². The van der Waals surface area contributed by atoms with Crippen LogP contribution < -0.4 is 10.9 Å². The second kappa shape index (κ2) is 7.52. The van der Waals surface area contributed by atoms with E-state index in [-0.39, 0.29) is 5.56 Å². The summed E-state index contributed by atoms with van der Waals surface area (Å²) >= 11 is 1.93. The van der Waals surface area contributed by atoms with Crippen LogP contribution in [0.4, 0.5) is 0 Å². The Morgan fingerprint density at radius 1 is 1.50 bits per heavy atom. The second-order valence-electron chi connectivity index (χ2n) is 3.75. The number of hydrogen-bond donors (Lipinski definition) is 1. The lowest BCUT2D eigenvalue weighted by molar-refractivity contribution is 0.538. The Morgan fingerprint density at radius 3 is 3.00 bits per heavy atom. The van der Waals surface area contributed by atoms with Gasteiger partial charge in [0.25, 0.3) is 5.56 Å². The summed E-state index contributed by atoms with van der Waals surface area (Å²) in [6, 6.07) is 5.75. The lowest BCUT2D eigenvalue weighted by Gasteiger charge is -2.13.